The maximum atomic E-state index is 9.88. The summed E-state index contributed by atoms with van der Waals surface area (Å²) in [4.78, 5) is 1.23. The topological polar surface area (TPSA) is 33.0 Å². The van der Waals surface area contributed by atoms with E-state index >= 15 is 0 Å². The van der Waals surface area contributed by atoms with Gasteiger partial charge in [-0.3, -0.25) is 0 Å². The van der Waals surface area contributed by atoms with Crippen LogP contribution in [0.4, 0.5) is 0 Å². The van der Waals surface area contributed by atoms with E-state index < -0.39 is 13.9 Å². The first-order valence-corrected chi connectivity index (χ1v) is 11.9. The Hall–Kier alpha value is -0.283. The molecule has 2 nitrogen and oxygen atoms in total. The third-order valence-electron chi connectivity index (χ3n) is 3.43. The standard InChI is InChI=1S/C15H20BrNOSSi/c1-10-8-12(16)11(2)13-14(10)19-7-6-15(13,9-17)18-20(3,4)5/h8H,6-7H2,1-5H3. The molecule has 1 aromatic carbocycles. The van der Waals surface area contributed by atoms with Gasteiger partial charge in [0.25, 0.3) is 0 Å². The number of fused-ring (bicyclic) bond motifs is 1. The monoisotopic (exact) mass is 369 g/mol. The largest absolute Gasteiger partial charge is 0.396 e. The van der Waals surface area contributed by atoms with Gasteiger partial charge in [-0.2, -0.15) is 5.26 Å². The molecule has 0 saturated heterocycles. The van der Waals surface area contributed by atoms with Gasteiger partial charge in [-0.05, 0) is 50.7 Å². The maximum Gasteiger partial charge on any atom is 0.186 e. The summed E-state index contributed by atoms with van der Waals surface area (Å²) >= 11 is 5.47. The molecule has 0 saturated carbocycles. The minimum atomic E-state index is -1.81. The summed E-state index contributed by atoms with van der Waals surface area (Å²) in [5, 5.41) is 9.88. The van der Waals surface area contributed by atoms with Crippen LogP contribution in [0.25, 0.3) is 0 Å². The number of nitriles is 1. The van der Waals surface area contributed by atoms with Crippen LogP contribution in [-0.2, 0) is 10.0 Å². The third kappa shape index (κ3) is 2.84. The average Bonchev–Trinajstić information content (AvgIpc) is 2.34. The smallest absolute Gasteiger partial charge is 0.186 e. The van der Waals surface area contributed by atoms with Gasteiger partial charge in [-0.15, -0.1) is 11.8 Å². The van der Waals surface area contributed by atoms with E-state index in [4.69, 9.17) is 4.43 Å². The van der Waals surface area contributed by atoms with Crippen LogP contribution in [0, 0.1) is 25.2 Å². The Bertz CT molecular complexity index is 591. The number of benzene rings is 1. The molecular formula is C15H20BrNOSSi. The lowest BCUT2D eigenvalue weighted by molar-refractivity contribution is 0.110. The van der Waals surface area contributed by atoms with Crippen molar-refractivity contribution in [2.45, 2.75) is 50.4 Å². The van der Waals surface area contributed by atoms with Crippen molar-refractivity contribution >= 4 is 36.0 Å². The molecule has 1 atom stereocenters. The molecule has 0 N–H and O–H groups in total. The highest BCUT2D eigenvalue weighted by molar-refractivity contribution is 9.10. The molecule has 0 bridgehead atoms. The van der Waals surface area contributed by atoms with Crippen molar-refractivity contribution in [3.05, 3.63) is 27.2 Å². The van der Waals surface area contributed by atoms with Crippen molar-refractivity contribution in [1.29, 1.82) is 5.26 Å². The highest BCUT2D eigenvalue weighted by Gasteiger charge is 2.43. The molecule has 1 aromatic rings. The van der Waals surface area contributed by atoms with E-state index in [0.717, 1.165) is 27.8 Å². The van der Waals surface area contributed by atoms with Crippen LogP contribution in [0.2, 0.25) is 19.6 Å². The molecule has 108 valence electrons. The molecule has 1 unspecified atom stereocenters. The highest BCUT2D eigenvalue weighted by atomic mass is 79.9. The molecule has 1 aliphatic heterocycles. The number of hydrogen-bond acceptors (Lipinski definition) is 3. The van der Waals surface area contributed by atoms with Crippen LogP contribution in [0.1, 0.15) is 23.1 Å². The van der Waals surface area contributed by atoms with Gasteiger partial charge in [-0.1, -0.05) is 15.9 Å². The summed E-state index contributed by atoms with van der Waals surface area (Å²) in [6.07, 6.45) is 0.766. The third-order valence-corrected chi connectivity index (χ3v) is 6.43. The Morgan fingerprint density at radius 3 is 2.60 bits per heavy atom. The Morgan fingerprint density at radius 1 is 1.40 bits per heavy atom. The van der Waals surface area contributed by atoms with Gasteiger partial charge in [0.1, 0.15) is 6.07 Å². The summed E-state index contributed by atoms with van der Waals surface area (Å²) < 4.78 is 7.44. The Balaban J connectivity index is 2.70. The number of aryl methyl sites for hydroxylation is 1. The molecule has 0 spiro atoms. The molecular weight excluding hydrogens is 350 g/mol. The number of halogens is 1. The van der Waals surface area contributed by atoms with Gasteiger partial charge in [0.2, 0.25) is 0 Å². The number of thioether (sulfide) groups is 1. The lowest BCUT2D eigenvalue weighted by Gasteiger charge is -2.39. The van der Waals surface area contributed by atoms with Crippen LogP contribution >= 0.6 is 27.7 Å². The minimum Gasteiger partial charge on any atom is -0.396 e. The van der Waals surface area contributed by atoms with E-state index in [2.05, 4.69) is 61.6 Å². The van der Waals surface area contributed by atoms with E-state index in [1.54, 1.807) is 0 Å². The second-order valence-electron chi connectivity index (χ2n) is 6.26. The Morgan fingerprint density at radius 2 is 2.05 bits per heavy atom. The SMILES string of the molecule is Cc1cc(Br)c(C)c2c1SCCC2(C#N)O[Si](C)(C)C. The lowest BCUT2D eigenvalue weighted by Crippen LogP contribution is -2.42. The molecule has 0 aromatic heterocycles. The average molecular weight is 370 g/mol. The van der Waals surface area contributed by atoms with Crippen LogP contribution in [-0.4, -0.2) is 14.1 Å². The molecule has 1 aliphatic rings. The van der Waals surface area contributed by atoms with E-state index in [9.17, 15) is 5.26 Å². The highest BCUT2D eigenvalue weighted by Crippen LogP contribution is 2.48. The molecule has 0 fully saturated rings. The van der Waals surface area contributed by atoms with Gasteiger partial charge in [0.15, 0.2) is 13.9 Å². The number of hydrogen-bond donors (Lipinski definition) is 0. The molecule has 0 amide bonds. The first-order chi connectivity index (χ1) is 9.20. The molecule has 0 aliphatic carbocycles. The van der Waals surface area contributed by atoms with Crippen molar-refractivity contribution < 1.29 is 4.43 Å². The zero-order valence-electron chi connectivity index (χ0n) is 12.6. The van der Waals surface area contributed by atoms with E-state index in [1.807, 2.05) is 11.8 Å². The fourth-order valence-electron chi connectivity index (χ4n) is 2.70. The Kier molecular flexibility index (Phi) is 4.42. The van der Waals surface area contributed by atoms with Gasteiger partial charge in [0, 0.05) is 27.1 Å². The van der Waals surface area contributed by atoms with Gasteiger partial charge in [-0.25, -0.2) is 0 Å². The van der Waals surface area contributed by atoms with Crippen LogP contribution in [0.3, 0.4) is 0 Å². The van der Waals surface area contributed by atoms with E-state index in [0.29, 0.717) is 0 Å². The number of rotatable bonds is 2. The molecule has 2 rings (SSSR count). The zero-order chi connectivity index (χ0) is 15.1. The number of nitrogens with zero attached hydrogens (tertiary/aromatic N) is 1. The zero-order valence-corrected chi connectivity index (χ0v) is 16.0. The van der Waals surface area contributed by atoms with Crippen molar-refractivity contribution in [3.8, 4) is 6.07 Å². The quantitative estimate of drug-likeness (QED) is 0.677. The lowest BCUT2D eigenvalue weighted by atomic mass is 9.87. The summed E-state index contributed by atoms with van der Waals surface area (Å²) in [5.74, 6) is 0.937. The van der Waals surface area contributed by atoms with Crippen LogP contribution in [0.5, 0.6) is 0 Å². The fourth-order valence-corrected chi connectivity index (χ4v) is 5.88. The van der Waals surface area contributed by atoms with Crippen LogP contribution in [0.15, 0.2) is 15.4 Å². The van der Waals surface area contributed by atoms with Gasteiger partial charge >= 0.3 is 0 Å². The van der Waals surface area contributed by atoms with E-state index in [-0.39, 0.29) is 0 Å². The van der Waals surface area contributed by atoms with Crippen molar-refractivity contribution in [1.82, 2.24) is 0 Å². The summed E-state index contributed by atoms with van der Waals surface area (Å²) in [5.41, 5.74) is 2.67. The van der Waals surface area contributed by atoms with Crippen LogP contribution < -0.4 is 0 Å². The normalized spacial score (nSPS) is 22.2. The molecule has 5 heteroatoms. The van der Waals surface area contributed by atoms with Crippen molar-refractivity contribution in [2.75, 3.05) is 5.75 Å². The summed E-state index contributed by atoms with van der Waals surface area (Å²) in [6, 6.07) is 4.65. The summed E-state index contributed by atoms with van der Waals surface area (Å²) in [7, 11) is -1.81. The fraction of sp³-hybridized carbons (Fsp3) is 0.533. The van der Waals surface area contributed by atoms with Gasteiger partial charge < -0.3 is 4.43 Å². The first-order valence-electron chi connectivity index (χ1n) is 6.74. The Labute approximate surface area is 135 Å². The second kappa shape index (κ2) is 5.49. The van der Waals surface area contributed by atoms with E-state index in [1.165, 1.54) is 10.5 Å². The van der Waals surface area contributed by atoms with Crippen molar-refractivity contribution in [2.24, 2.45) is 0 Å². The molecule has 1 heterocycles. The maximum absolute atomic E-state index is 9.88. The van der Waals surface area contributed by atoms with Gasteiger partial charge in [0.05, 0.1) is 0 Å². The molecule has 20 heavy (non-hydrogen) atoms. The minimum absolute atomic E-state index is 0.766. The summed E-state index contributed by atoms with van der Waals surface area (Å²) in [6.45, 7) is 10.6. The van der Waals surface area contributed by atoms with Crippen molar-refractivity contribution in [3.63, 3.8) is 0 Å². The molecule has 0 radical (unpaired) electrons. The predicted octanol–water partition coefficient (Wildman–Crippen LogP) is 5.13. The second-order valence-corrected chi connectivity index (χ2v) is 12.6. The first kappa shape index (κ1) is 16.1. The predicted molar refractivity (Wildman–Crippen MR) is 90.7 cm³/mol.